The van der Waals surface area contributed by atoms with Gasteiger partial charge in [0.05, 0.1) is 5.56 Å². The Kier molecular flexibility index (Phi) is 5.09. The fraction of sp³-hybridized carbons (Fsp3) is 0.312. The third-order valence-electron chi connectivity index (χ3n) is 3.33. The van der Waals surface area contributed by atoms with E-state index >= 15 is 0 Å². The molecule has 1 N–H and O–H groups in total. The topological polar surface area (TPSA) is 40.5 Å². The van der Waals surface area contributed by atoms with Gasteiger partial charge in [-0.05, 0) is 37.0 Å². The molecule has 0 radical (unpaired) electrons. The lowest BCUT2D eigenvalue weighted by Gasteiger charge is -2.21. The smallest absolute Gasteiger partial charge is 0.163 e. The molecule has 0 aliphatic rings. The van der Waals surface area contributed by atoms with Crippen LogP contribution in [0.1, 0.15) is 34.6 Å². The minimum Gasteiger partial charge on any atom is -0.507 e. The van der Waals surface area contributed by atoms with Crippen molar-refractivity contribution in [3.05, 3.63) is 51.5 Å². The first-order chi connectivity index (χ1) is 10.0. The molecule has 0 bridgehead atoms. The van der Waals surface area contributed by atoms with Crippen LogP contribution in [-0.4, -0.2) is 22.3 Å². The number of rotatable bonds is 6. The maximum absolute atomic E-state index is 13.6. The Morgan fingerprint density at radius 2 is 2.14 bits per heavy atom. The lowest BCUT2D eigenvalue weighted by atomic mass is 10.0. The Hall–Kier alpha value is -1.72. The molecule has 1 heterocycles. The van der Waals surface area contributed by atoms with Crippen molar-refractivity contribution in [2.24, 2.45) is 0 Å². The first-order valence-corrected chi connectivity index (χ1v) is 7.66. The highest BCUT2D eigenvalue weighted by molar-refractivity contribution is 7.09. The van der Waals surface area contributed by atoms with Crippen LogP contribution in [-0.2, 0) is 13.1 Å². The fourth-order valence-electron chi connectivity index (χ4n) is 2.19. The zero-order valence-electron chi connectivity index (χ0n) is 12.1. The largest absolute Gasteiger partial charge is 0.507 e. The molecule has 3 nitrogen and oxygen atoms in total. The van der Waals surface area contributed by atoms with E-state index in [0.29, 0.717) is 12.1 Å². The Bertz CT molecular complexity index is 625. The van der Waals surface area contributed by atoms with E-state index in [-0.39, 0.29) is 17.1 Å². The number of phenols is 1. The molecule has 5 heteroatoms. The van der Waals surface area contributed by atoms with Gasteiger partial charge in [0, 0.05) is 23.5 Å². The fourth-order valence-corrected chi connectivity index (χ4v) is 2.93. The number of nitrogens with zero attached hydrogens (tertiary/aromatic N) is 1. The van der Waals surface area contributed by atoms with Gasteiger partial charge in [0.2, 0.25) is 0 Å². The number of hydrogen-bond acceptors (Lipinski definition) is 4. The predicted molar refractivity (Wildman–Crippen MR) is 82.2 cm³/mol. The molecule has 0 saturated carbocycles. The molecule has 0 aliphatic heterocycles. The summed E-state index contributed by atoms with van der Waals surface area (Å²) in [6.07, 6.45) is 0. The molecule has 0 spiro atoms. The van der Waals surface area contributed by atoms with Crippen LogP contribution in [0.15, 0.2) is 29.6 Å². The summed E-state index contributed by atoms with van der Waals surface area (Å²) in [6, 6.07) is 6.40. The number of halogens is 1. The highest BCUT2D eigenvalue weighted by Crippen LogP contribution is 2.26. The van der Waals surface area contributed by atoms with Gasteiger partial charge in [0.1, 0.15) is 11.6 Å². The van der Waals surface area contributed by atoms with Crippen LogP contribution in [0.5, 0.6) is 5.75 Å². The van der Waals surface area contributed by atoms with Crippen molar-refractivity contribution < 1.29 is 14.3 Å². The van der Waals surface area contributed by atoms with E-state index in [4.69, 9.17) is 0 Å². The standard InChI is InChI=1S/C16H18FNO2S/c1-3-18(10-14-5-4-6-21-14)9-12-7-13(17)8-15(11(2)19)16(12)20/h4-8,20H,3,9-10H2,1-2H3. The first-order valence-electron chi connectivity index (χ1n) is 6.78. The number of ketones is 1. The third-order valence-corrected chi connectivity index (χ3v) is 4.19. The normalized spacial score (nSPS) is 11.0. The number of hydrogen-bond donors (Lipinski definition) is 1. The molecular weight excluding hydrogens is 289 g/mol. The molecule has 0 saturated heterocycles. The second kappa shape index (κ2) is 6.83. The average molecular weight is 307 g/mol. The summed E-state index contributed by atoms with van der Waals surface area (Å²) in [5.74, 6) is -0.955. The molecule has 0 unspecified atom stereocenters. The number of carbonyl (C=O) groups excluding carboxylic acids is 1. The van der Waals surface area contributed by atoms with Crippen LogP contribution in [0.4, 0.5) is 4.39 Å². The van der Waals surface area contributed by atoms with Crippen molar-refractivity contribution in [2.75, 3.05) is 6.54 Å². The van der Waals surface area contributed by atoms with E-state index in [9.17, 15) is 14.3 Å². The maximum atomic E-state index is 13.6. The van der Waals surface area contributed by atoms with Gasteiger partial charge in [-0.2, -0.15) is 0 Å². The summed E-state index contributed by atoms with van der Waals surface area (Å²) in [4.78, 5) is 14.7. The van der Waals surface area contributed by atoms with E-state index in [0.717, 1.165) is 19.2 Å². The summed E-state index contributed by atoms with van der Waals surface area (Å²) in [5, 5.41) is 12.2. The third kappa shape index (κ3) is 3.89. The van der Waals surface area contributed by atoms with E-state index < -0.39 is 5.82 Å². The van der Waals surface area contributed by atoms with Gasteiger partial charge in [0.15, 0.2) is 5.78 Å². The van der Waals surface area contributed by atoms with Crippen molar-refractivity contribution >= 4 is 17.1 Å². The molecule has 21 heavy (non-hydrogen) atoms. The second-order valence-electron chi connectivity index (χ2n) is 4.90. The van der Waals surface area contributed by atoms with E-state index in [2.05, 4.69) is 4.90 Å². The van der Waals surface area contributed by atoms with Crippen LogP contribution < -0.4 is 0 Å². The van der Waals surface area contributed by atoms with Gasteiger partial charge in [-0.3, -0.25) is 9.69 Å². The van der Waals surface area contributed by atoms with Gasteiger partial charge in [-0.1, -0.05) is 13.0 Å². The minimum absolute atomic E-state index is 0.0391. The van der Waals surface area contributed by atoms with Gasteiger partial charge in [-0.25, -0.2) is 4.39 Å². The highest BCUT2D eigenvalue weighted by Gasteiger charge is 2.16. The van der Waals surface area contributed by atoms with Crippen LogP contribution in [0.25, 0.3) is 0 Å². The second-order valence-corrected chi connectivity index (χ2v) is 5.93. The highest BCUT2D eigenvalue weighted by atomic mass is 32.1. The summed E-state index contributed by atoms with van der Waals surface area (Å²) in [6.45, 7) is 5.23. The van der Waals surface area contributed by atoms with Gasteiger partial charge >= 0.3 is 0 Å². The van der Waals surface area contributed by atoms with Crippen molar-refractivity contribution in [3.8, 4) is 5.75 Å². The molecule has 0 fully saturated rings. The molecule has 112 valence electrons. The first kappa shape index (κ1) is 15.7. The number of benzene rings is 1. The zero-order valence-corrected chi connectivity index (χ0v) is 12.9. The Balaban J connectivity index is 2.22. The molecular formula is C16H18FNO2S. The molecule has 0 amide bonds. The molecule has 1 aromatic carbocycles. The van der Waals surface area contributed by atoms with Gasteiger partial charge < -0.3 is 5.11 Å². The number of Topliss-reactive ketones (excluding diaryl/α,β-unsaturated/α-hetero) is 1. The maximum Gasteiger partial charge on any atom is 0.163 e. The number of carbonyl (C=O) groups is 1. The summed E-state index contributed by atoms with van der Waals surface area (Å²) >= 11 is 1.66. The molecule has 0 aliphatic carbocycles. The molecule has 0 atom stereocenters. The lowest BCUT2D eigenvalue weighted by molar-refractivity contribution is 0.101. The minimum atomic E-state index is -0.500. The number of thiophene rings is 1. The summed E-state index contributed by atoms with van der Waals surface area (Å²) in [7, 11) is 0. The quantitative estimate of drug-likeness (QED) is 0.825. The zero-order chi connectivity index (χ0) is 15.4. The predicted octanol–water partition coefficient (Wildman–Crippen LogP) is 3.82. The number of phenolic OH excluding ortho intramolecular Hbond substituents is 1. The number of aromatic hydroxyl groups is 1. The Morgan fingerprint density at radius 3 is 2.71 bits per heavy atom. The SMILES string of the molecule is CCN(Cc1cccs1)Cc1cc(F)cc(C(C)=O)c1O. The van der Waals surface area contributed by atoms with Crippen molar-refractivity contribution in [1.29, 1.82) is 0 Å². The van der Waals surface area contributed by atoms with Crippen LogP contribution in [0.3, 0.4) is 0 Å². The van der Waals surface area contributed by atoms with Gasteiger partial charge in [0.25, 0.3) is 0 Å². The van der Waals surface area contributed by atoms with E-state index in [1.807, 2.05) is 24.4 Å². The van der Waals surface area contributed by atoms with Crippen LogP contribution in [0.2, 0.25) is 0 Å². The Morgan fingerprint density at radius 1 is 1.38 bits per heavy atom. The van der Waals surface area contributed by atoms with E-state index in [1.54, 1.807) is 11.3 Å². The van der Waals surface area contributed by atoms with Crippen LogP contribution >= 0.6 is 11.3 Å². The van der Waals surface area contributed by atoms with E-state index in [1.165, 1.54) is 17.9 Å². The van der Waals surface area contributed by atoms with Crippen LogP contribution in [0, 0.1) is 5.82 Å². The van der Waals surface area contributed by atoms with Crippen molar-refractivity contribution in [2.45, 2.75) is 26.9 Å². The Labute approximate surface area is 127 Å². The van der Waals surface area contributed by atoms with Crippen molar-refractivity contribution in [3.63, 3.8) is 0 Å². The average Bonchev–Trinajstić information content (AvgIpc) is 2.94. The molecule has 1 aromatic heterocycles. The monoisotopic (exact) mass is 307 g/mol. The van der Waals surface area contributed by atoms with Crippen molar-refractivity contribution in [1.82, 2.24) is 4.90 Å². The molecule has 2 aromatic rings. The summed E-state index contributed by atoms with van der Waals surface area (Å²) in [5.41, 5.74) is 0.482. The summed E-state index contributed by atoms with van der Waals surface area (Å²) < 4.78 is 13.6. The molecule has 2 rings (SSSR count). The lowest BCUT2D eigenvalue weighted by Crippen LogP contribution is -2.22. The van der Waals surface area contributed by atoms with Gasteiger partial charge in [-0.15, -0.1) is 11.3 Å².